The summed E-state index contributed by atoms with van der Waals surface area (Å²) >= 11 is 0. The summed E-state index contributed by atoms with van der Waals surface area (Å²) in [5.41, 5.74) is 1.49. The van der Waals surface area contributed by atoms with E-state index < -0.39 is 18.0 Å². The van der Waals surface area contributed by atoms with E-state index in [0.29, 0.717) is 35.2 Å². The van der Waals surface area contributed by atoms with Crippen molar-refractivity contribution >= 4 is 29.2 Å². The Morgan fingerprint density at radius 2 is 1.43 bits per heavy atom. The Labute approximate surface area is 176 Å². The first-order valence-corrected chi connectivity index (χ1v) is 9.87. The van der Waals surface area contributed by atoms with Crippen molar-refractivity contribution in [3.63, 3.8) is 0 Å². The number of amides is 2. The normalized spacial score (nSPS) is 11.5. The molecule has 2 N–H and O–H groups in total. The van der Waals surface area contributed by atoms with Crippen LogP contribution in [0.15, 0.2) is 48.5 Å². The van der Waals surface area contributed by atoms with Crippen molar-refractivity contribution in [1.82, 2.24) is 0 Å². The molecule has 30 heavy (non-hydrogen) atoms. The van der Waals surface area contributed by atoms with Gasteiger partial charge in [0.05, 0.1) is 12.2 Å². The topological polar surface area (TPSA) is 93.7 Å². The quantitative estimate of drug-likeness (QED) is 0.601. The van der Waals surface area contributed by atoms with Gasteiger partial charge in [0, 0.05) is 18.3 Å². The summed E-state index contributed by atoms with van der Waals surface area (Å²) in [5.74, 6) is 0.0156. The molecular weight excluding hydrogens is 384 g/mol. The zero-order valence-electron chi connectivity index (χ0n) is 17.7. The molecule has 0 aliphatic rings. The Bertz CT molecular complexity index is 860. The summed E-state index contributed by atoms with van der Waals surface area (Å²) in [7, 11) is 0. The highest BCUT2D eigenvalue weighted by molar-refractivity contribution is 5.97. The number of nitrogens with one attached hydrogen (secondary N) is 2. The van der Waals surface area contributed by atoms with Crippen molar-refractivity contribution in [2.75, 3.05) is 17.2 Å². The van der Waals surface area contributed by atoms with Crippen LogP contribution in [0, 0.1) is 5.92 Å². The van der Waals surface area contributed by atoms with Gasteiger partial charge in [-0.25, -0.2) is 4.79 Å². The van der Waals surface area contributed by atoms with Crippen LogP contribution in [0.5, 0.6) is 5.75 Å². The molecule has 0 bridgehead atoms. The van der Waals surface area contributed by atoms with Gasteiger partial charge in [0.2, 0.25) is 5.91 Å². The molecule has 0 aliphatic heterocycles. The van der Waals surface area contributed by atoms with Crippen molar-refractivity contribution in [3.8, 4) is 5.75 Å². The van der Waals surface area contributed by atoms with E-state index in [1.165, 1.54) is 13.8 Å². The van der Waals surface area contributed by atoms with E-state index in [9.17, 15) is 14.4 Å². The minimum absolute atomic E-state index is 0.178. The third-order valence-electron chi connectivity index (χ3n) is 4.18. The largest absolute Gasteiger partial charge is 0.494 e. The summed E-state index contributed by atoms with van der Waals surface area (Å²) in [6.07, 6.45) is -0.0265. The molecule has 1 unspecified atom stereocenters. The van der Waals surface area contributed by atoms with E-state index in [2.05, 4.69) is 24.5 Å². The molecule has 0 spiro atoms. The number of anilines is 2. The lowest BCUT2D eigenvalue weighted by Gasteiger charge is -2.14. The maximum absolute atomic E-state index is 12.3. The van der Waals surface area contributed by atoms with Crippen LogP contribution in [-0.2, 0) is 14.3 Å². The minimum atomic E-state index is -0.977. The molecule has 0 aliphatic carbocycles. The second kappa shape index (κ2) is 11.0. The average molecular weight is 412 g/mol. The van der Waals surface area contributed by atoms with Crippen LogP contribution in [0.1, 0.15) is 44.5 Å². The molecule has 0 saturated heterocycles. The summed E-state index contributed by atoms with van der Waals surface area (Å²) < 4.78 is 10.9. The molecule has 0 fully saturated rings. The number of benzene rings is 2. The van der Waals surface area contributed by atoms with Crippen molar-refractivity contribution in [3.05, 3.63) is 54.1 Å². The molecule has 2 aromatic carbocycles. The molecule has 160 valence electrons. The Morgan fingerprint density at radius 1 is 0.867 bits per heavy atom. The molecule has 1 atom stereocenters. The summed E-state index contributed by atoms with van der Waals surface area (Å²) in [6, 6.07) is 13.3. The first-order valence-electron chi connectivity index (χ1n) is 9.87. The maximum Gasteiger partial charge on any atom is 0.338 e. The highest BCUT2D eigenvalue weighted by atomic mass is 16.5. The summed E-state index contributed by atoms with van der Waals surface area (Å²) in [4.78, 5) is 35.6. The zero-order chi connectivity index (χ0) is 22.1. The standard InChI is InChI=1S/C23H28N2O5/c1-15(2)13-14-29-21-11-5-18(6-12-21)23(28)30-16(3)22(27)25-20-9-7-19(8-10-20)24-17(4)26/h5-12,15-16H,13-14H2,1-4H3,(H,24,26)(H,25,27). The number of hydrogen-bond donors (Lipinski definition) is 2. The molecular formula is C23H28N2O5. The van der Waals surface area contributed by atoms with E-state index in [1.807, 2.05) is 0 Å². The van der Waals surface area contributed by atoms with Crippen LogP contribution in [-0.4, -0.2) is 30.5 Å². The lowest BCUT2D eigenvalue weighted by Crippen LogP contribution is -2.30. The smallest absolute Gasteiger partial charge is 0.338 e. The van der Waals surface area contributed by atoms with Gasteiger partial charge in [0.1, 0.15) is 5.75 Å². The number of hydrogen-bond acceptors (Lipinski definition) is 5. The van der Waals surface area contributed by atoms with Crippen LogP contribution in [0.4, 0.5) is 11.4 Å². The van der Waals surface area contributed by atoms with Gasteiger partial charge in [-0.3, -0.25) is 9.59 Å². The molecule has 2 rings (SSSR count). The first-order chi connectivity index (χ1) is 14.2. The lowest BCUT2D eigenvalue weighted by atomic mass is 10.1. The first kappa shape index (κ1) is 22.9. The van der Waals surface area contributed by atoms with Crippen molar-refractivity contribution < 1.29 is 23.9 Å². The van der Waals surface area contributed by atoms with Gasteiger partial charge in [-0.1, -0.05) is 13.8 Å². The monoisotopic (exact) mass is 412 g/mol. The number of carbonyl (C=O) groups is 3. The van der Waals surface area contributed by atoms with Gasteiger partial charge in [-0.15, -0.1) is 0 Å². The van der Waals surface area contributed by atoms with Gasteiger partial charge in [0.15, 0.2) is 6.10 Å². The molecule has 0 heterocycles. The van der Waals surface area contributed by atoms with Gasteiger partial charge in [0.25, 0.3) is 5.91 Å². The molecule has 0 saturated carbocycles. The Hall–Kier alpha value is -3.35. The fraction of sp³-hybridized carbons (Fsp3) is 0.348. The van der Waals surface area contributed by atoms with Crippen LogP contribution in [0.25, 0.3) is 0 Å². The van der Waals surface area contributed by atoms with Crippen LogP contribution in [0.3, 0.4) is 0 Å². The van der Waals surface area contributed by atoms with Gasteiger partial charge >= 0.3 is 5.97 Å². The van der Waals surface area contributed by atoms with Gasteiger partial charge in [-0.05, 0) is 67.8 Å². The van der Waals surface area contributed by atoms with Crippen LogP contribution in [0.2, 0.25) is 0 Å². The number of ether oxygens (including phenoxy) is 2. The van der Waals surface area contributed by atoms with Crippen molar-refractivity contribution in [1.29, 1.82) is 0 Å². The maximum atomic E-state index is 12.3. The van der Waals surface area contributed by atoms with Crippen molar-refractivity contribution in [2.45, 2.75) is 40.2 Å². The fourth-order valence-electron chi connectivity index (χ4n) is 2.47. The summed E-state index contributed by atoms with van der Waals surface area (Å²) in [5, 5.41) is 5.31. The third kappa shape index (κ3) is 7.58. The van der Waals surface area contributed by atoms with Crippen LogP contribution >= 0.6 is 0 Å². The SMILES string of the molecule is CC(=O)Nc1ccc(NC(=O)C(C)OC(=O)c2ccc(OCCC(C)C)cc2)cc1. The van der Waals surface area contributed by atoms with E-state index in [0.717, 1.165) is 6.42 Å². The Morgan fingerprint density at radius 3 is 1.97 bits per heavy atom. The predicted molar refractivity (Wildman–Crippen MR) is 116 cm³/mol. The zero-order valence-corrected chi connectivity index (χ0v) is 17.7. The fourth-order valence-corrected chi connectivity index (χ4v) is 2.47. The number of rotatable bonds is 9. The molecule has 2 aromatic rings. The Kier molecular flexibility index (Phi) is 8.41. The molecule has 7 heteroatoms. The molecule has 2 amide bonds. The Balaban J connectivity index is 1.85. The lowest BCUT2D eigenvalue weighted by molar-refractivity contribution is -0.123. The van der Waals surface area contributed by atoms with E-state index in [-0.39, 0.29) is 5.91 Å². The number of carbonyl (C=O) groups excluding carboxylic acids is 3. The minimum Gasteiger partial charge on any atom is -0.494 e. The number of esters is 1. The van der Waals surface area contributed by atoms with Gasteiger partial charge < -0.3 is 20.1 Å². The predicted octanol–water partition coefficient (Wildman–Crippen LogP) is 4.25. The van der Waals surface area contributed by atoms with E-state index in [4.69, 9.17) is 9.47 Å². The average Bonchev–Trinajstić information content (AvgIpc) is 2.69. The summed E-state index contributed by atoms with van der Waals surface area (Å²) in [6.45, 7) is 7.78. The highest BCUT2D eigenvalue weighted by Crippen LogP contribution is 2.16. The van der Waals surface area contributed by atoms with Gasteiger partial charge in [-0.2, -0.15) is 0 Å². The van der Waals surface area contributed by atoms with Crippen molar-refractivity contribution in [2.24, 2.45) is 5.92 Å². The molecule has 0 aromatic heterocycles. The highest BCUT2D eigenvalue weighted by Gasteiger charge is 2.19. The van der Waals surface area contributed by atoms with E-state index in [1.54, 1.807) is 48.5 Å². The molecule has 7 nitrogen and oxygen atoms in total. The molecule has 0 radical (unpaired) electrons. The second-order valence-electron chi connectivity index (χ2n) is 7.35. The van der Waals surface area contributed by atoms with E-state index >= 15 is 0 Å². The third-order valence-corrected chi connectivity index (χ3v) is 4.18. The van der Waals surface area contributed by atoms with Crippen LogP contribution < -0.4 is 15.4 Å². The second-order valence-corrected chi connectivity index (χ2v) is 7.35.